The molecule has 7 heteroatoms. The van der Waals surface area contributed by atoms with E-state index >= 15 is 0 Å². The molecule has 4 aromatic carbocycles. The standard InChI is InChI=1S/C24H15Cl2N2O2P/c25-19-20(26)24(22-21(23(19)29)27-30-28-22)31(16-10-4-1-5-11-16,17-12-6-2-7-13-17)18-14-8-3-9-15-18/h1-15H/p+1. The van der Waals surface area contributed by atoms with Gasteiger partial charge in [-0.3, -0.25) is 0 Å². The number of fused-ring (bicyclic) bond motifs is 1. The summed E-state index contributed by atoms with van der Waals surface area (Å²) in [7, 11) is -2.59. The van der Waals surface area contributed by atoms with Crippen molar-refractivity contribution in [1.29, 1.82) is 0 Å². The van der Waals surface area contributed by atoms with Gasteiger partial charge in [-0.15, -0.1) is 0 Å². The van der Waals surface area contributed by atoms with Crippen molar-refractivity contribution in [1.82, 2.24) is 10.3 Å². The lowest BCUT2D eigenvalue weighted by Gasteiger charge is -2.28. The summed E-state index contributed by atoms with van der Waals surface area (Å²) in [5.41, 5.74) is 0.591. The second-order valence-corrected chi connectivity index (χ2v) is 11.1. The molecule has 1 N–H and O–H groups in total. The predicted molar refractivity (Wildman–Crippen MR) is 128 cm³/mol. The Hall–Kier alpha value is -2.91. The third-order valence-corrected chi connectivity index (χ3v) is 10.6. The molecule has 1 heterocycles. The van der Waals surface area contributed by atoms with Gasteiger partial charge >= 0.3 is 0 Å². The highest BCUT2D eigenvalue weighted by Crippen LogP contribution is 2.58. The van der Waals surface area contributed by atoms with Gasteiger partial charge in [-0.25, -0.2) is 4.63 Å². The first-order valence-electron chi connectivity index (χ1n) is 9.54. The number of rotatable bonds is 4. The second-order valence-electron chi connectivity index (χ2n) is 6.96. The van der Waals surface area contributed by atoms with Crippen LogP contribution >= 0.6 is 30.5 Å². The van der Waals surface area contributed by atoms with Gasteiger partial charge in [0.05, 0.1) is 0 Å². The van der Waals surface area contributed by atoms with E-state index in [-0.39, 0.29) is 21.3 Å². The number of phenolic OH excluding ortho intramolecular Hbond substituents is 1. The molecule has 0 amide bonds. The zero-order valence-corrected chi connectivity index (χ0v) is 18.5. The third kappa shape index (κ3) is 3.02. The van der Waals surface area contributed by atoms with E-state index in [9.17, 15) is 5.11 Å². The Kier molecular flexibility index (Phi) is 5.15. The van der Waals surface area contributed by atoms with Crippen molar-refractivity contribution in [3.05, 3.63) is 101 Å². The fraction of sp³-hybridized carbons (Fsp3) is 0. The van der Waals surface area contributed by atoms with Crippen molar-refractivity contribution in [2.45, 2.75) is 0 Å². The highest BCUT2D eigenvalue weighted by atomic mass is 35.5. The number of benzene rings is 4. The first-order chi connectivity index (χ1) is 15.2. The Morgan fingerprint density at radius 1 is 0.613 bits per heavy atom. The number of aromatic nitrogens is 2. The quantitative estimate of drug-likeness (QED) is 0.385. The van der Waals surface area contributed by atoms with Gasteiger partial charge in [0, 0.05) is 0 Å². The number of halogens is 2. The van der Waals surface area contributed by atoms with Crippen molar-refractivity contribution < 1.29 is 9.74 Å². The van der Waals surface area contributed by atoms with E-state index in [4.69, 9.17) is 27.8 Å². The minimum absolute atomic E-state index is 0.0343. The maximum Gasteiger partial charge on any atom is 0.183 e. The van der Waals surface area contributed by atoms with Crippen molar-refractivity contribution in [2.75, 3.05) is 0 Å². The van der Waals surface area contributed by atoms with E-state index in [1.54, 1.807) is 0 Å². The molecule has 5 rings (SSSR count). The highest BCUT2D eigenvalue weighted by Gasteiger charge is 2.52. The topological polar surface area (TPSA) is 59.2 Å². The van der Waals surface area contributed by atoms with Crippen LogP contribution in [0.2, 0.25) is 10.0 Å². The van der Waals surface area contributed by atoms with Crippen LogP contribution in [0.25, 0.3) is 11.0 Å². The average molecular weight is 466 g/mol. The summed E-state index contributed by atoms with van der Waals surface area (Å²) in [5, 5.41) is 22.8. The number of hydrogen-bond acceptors (Lipinski definition) is 4. The highest BCUT2D eigenvalue weighted by molar-refractivity contribution is 8.02. The normalized spacial score (nSPS) is 11.7. The third-order valence-electron chi connectivity index (χ3n) is 5.31. The fourth-order valence-electron chi connectivity index (χ4n) is 4.01. The Labute approximate surface area is 189 Å². The molecular formula is C24H16Cl2N2O2P+. The van der Waals surface area contributed by atoms with Crippen LogP contribution in [-0.2, 0) is 0 Å². The largest absolute Gasteiger partial charge is 0.504 e. The maximum atomic E-state index is 10.6. The Morgan fingerprint density at radius 2 is 1.03 bits per heavy atom. The molecule has 5 aromatic rings. The van der Waals surface area contributed by atoms with Crippen molar-refractivity contribution in [3.63, 3.8) is 0 Å². The van der Waals surface area contributed by atoms with Crippen LogP contribution in [0, 0.1) is 0 Å². The van der Waals surface area contributed by atoms with Crippen LogP contribution in [0.1, 0.15) is 0 Å². The number of nitrogens with zero attached hydrogens (tertiary/aromatic N) is 2. The number of phenols is 1. The first-order valence-corrected chi connectivity index (χ1v) is 12.1. The number of aromatic hydroxyl groups is 1. The first kappa shape index (κ1) is 20.0. The molecule has 0 spiro atoms. The van der Waals surface area contributed by atoms with Gasteiger partial charge in [-0.05, 0) is 46.7 Å². The molecule has 0 radical (unpaired) electrons. The summed E-state index contributed by atoms with van der Waals surface area (Å²) >= 11 is 13.4. The summed E-state index contributed by atoms with van der Waals surface area (Å²) in [6.07, 6.45) is 0. The summed E-state index contributed by atoms with van der Waals surface area (Å²) < 4.78 is 5.04. The Bertz CT molecular complexity index is 1260. The zero-order chi connectivity index (χ0) is 21.4. The van der Waals surface area contributed by atoms with E-state index in [0.717, 1.165) is 15.9 Å². The minimum Gasteiger partial charge on any atom is -0.504 e. The molecule has 0 fully saturated rings. The fourth-order valence-corrected chi connectivity index (χ4v) is 9.22. The smallest absolute Gasteiger partial charge is 0.183 e. The molecule has 0 aliphatic heterocycles. The molecule has 0 aliphatic carbocycles. The lowest BCUT2D eigenvalue weighted by molar-refractivity contribution is 0.314. The van der Waals surface area contributed by atoms with E-state index in [0.29, 0.717) is 10.8 Å². The van der Waals surface area contributed by atoms with Gasteiger partial charge in [0.2, 0.25) is 0 Å². The van der Waals surface area contributed by atoms with Gasteiger partial charge in [0.1, 0.15) is 33.2 Å². The molecule has 0 saturated carbocycles. The van der Waals surface area contributed by atoms with Gasteiger partial charge in [0.15, 0.2) is 22.1 Å². The van der Waals surface area contributed by atoms with Gasteiger partial charge in [-0.2, -0.15) is 0 Å². The Balaban J connectivity index is 2.06. The van der Waals surface area contributed by atoms with Crippen molar-refractivity contribution >= 4 is 62.7 Å². The van der Waals surface area contributed by atoms with Gasteiger partial charge in [-0.1, -0.05) is 77.8 Å². The molecule has 0 unspecified atom stereocenters. The summed E-state index contributed by atoms with van der Waals surface area (Å²) in [6, 6.07) is 30.5. The maximum absolute atomic E-state index is 10.6. The molecule has 0 bridgehead atoms. The molecule has 1 aromatic heterocycles. The molecular weight excluding hydrogens is 450 g/mol. The second kappa shape index (κ2) is 7.97. The molecule has 0 aliphatic rings. The van der Waals surface area contributed by atoms with Crippen LogP contribution < -0.4 is 21.2 Å². The lowest BCUT2D eigenvalue weighted by Crippen LogP contribution is -2.39. The minimum atomic E-state index is -2.59. The van der Waals surface area contributed by atoms with E-state index < -0.39 is 7.26 Å². The predicted octanol–water partition coefficient (Wildman–Crippen LogP) is 4.85. The van der Waals surface area contributed by atoms with Gasteiger partial charge in [0.25, 0.3) is 0 Å². The number of hydrogen-bond donors (Lipinski definition) is 1. The van der Waals surface area contributed by atoms with Crippen LogP contribution in [0.15, 0.2) is 95.6 Å². The Morgan fingerprint density at radius 3 is 1.48 bits per heavy atom. The molecule has 4 nitrogen and oxygen atoms in total. The van der Waals surface area contributed by atoms with E-state index in [1.165, 1.54) is 0 Å². The SMILES string of the molecule is Oc1c(Cl)c(Cl)c([P+](c2ccccc2)(c2ccccc2)c2ccccc2)c2nonc12. The summed E-state index contributed by atoms with van der Waals surface area (Å²) in [5.74, 6) is -0.237. The van der Waals surface area contributed by atoms with E-state index in [2.05, 4.69) is 46.7 Å². The molecule has 0 saturated heterocycles. The zero-order valence-electron chi connectivity index (χ0n) is 16.1. The van der Waals surface area contributed by atoms with E-state index in [1.807, 2.05) is 54.6 Å². The van der Waals surface area contributed by atoms with Crippen LogP contribution in [0.3, 0.4) is 0 Å². The van der Waals surface area contributed by atoms with Crippen LogP contribution in [0.5, 0.6) is 5.75 Å². The van der Waals surface area contributed by atoms with Crippen molar-refractivity contribution in [3.8, 4) is 5.75 Å². The molecule has 0 atom stereocenters. The van der Waals surface area contributed by atoms with Crippen LogP contribution in [0.4, 0.5) is 0 Å². The molecule has 31 heavy (non-hydrogen) atoms. The lowest BCUT2D eigenvalue weighted by atomic mass is 10.3. The average Bonchev–Trinajstić information content (AvgIpc) is 3.32. The molecule has 152 valence electrons. The monoisotopic (exact) mass is 465 g/mol. The van der Waals surface area contributed by atoms with Crippen molar-refractivity contribution in [2.24, 2.45) is 0 Å². The van der Waals surface area contributed by atoms with Gasteiger partial charge < -0.3 is 5.11 Å². The van der Waals surface area contributed by atoms with Crippen LogP contribution in [-0.4, -0.2) is 15.4 Å². The summed E-state index contributed by atoms with van der Waals surface area (Å²) in [4.78, 5) is 0. The summed E-state index contributed by atoms with van der Waals surface area (Å²) in [6.45, 7) is 0.